The second-order valence-corrected chi connectivity index (χ2v) is 2.79. The molecule has 0 N–H and O–H groups in total. The van der Waals surface area contributed by atoms with E-state index >= 15 is 0 Å². The number of hydrogen-bond donors (Lipinski definition) is 0. The molecule has 0 bridgehead atoms. The molecule has 4 heteroatoms. The van der Waals surface area contributed by atoms with Crippen molar-refractivity contribution >= 4 is 23.1 Å². The Bertz CT molecular complexity index is 247. The zero-order valence-corrected chi connectivity index (χ0v) is 12.2. The summed E-state index contributed by atoms with van der Waals surface area (Å²) in [4.78, 5) is 0. The van der Waals surface area contributed by atoms with Gasteiger partial charge in [0.05, 0.1) is 13.2 Å². The number of benzene rings is 1. The fraction of sp³-hybridized carbons (Fsp3) is 0.364. The molecule has 0 saturated heterocycles. The molecule has 0 aliphatic heterocycles. The Morgan fingerprint density at radius 1 is 1.20 bits per heavy atom. The fourth-order valence-electron chi connectivity index (χ4n) is 1.24. The Kier molecular flexibility index (Phi) is 11.1. The molecule has 0 amide bonds. The maximum Gasteiger partial charge on any atom is 2.00 e. The monoisotopic (exact) mass is 282 g/mol. The number of ether oxygens (including phenoxy) is 2. The molecule has 80 valence electrons. The predicted octanol–water partition coefficient (Wildman–Crippen LogP) is -0.770. The van der Waals surface area contributed by atoms with Gasteiger partial charge in [-0.3, -0.25) is 0 Å². The van der Waals surface area contributed by atoms with Gasteiger partial charge in [-0.15, -0.1) is 0 Å². The molecule has 1 unspecified atom stereocenters. The van der Waals surface area contributed by atoms with Gasteiger partial charge in [-0.2, -0.15) is 6.42 Å². The van der Waals surface area contributed by atoms with Crippen LogP contribution in [-0.4, -0.2) is 37.3 Å². The molecule has 0 spiro atoms. The quantitative estimate of drug-likeness (QED) is 0.534. The maximum atomic E-state index is 5.26. The van der Waals surface area contributed by atoms with Crippen molar-refractivity contribution in [3.8, 4) is 5.75 Å². The van der Waals surface area contributed by atoms with Crippen LogP contribution in [-0.2, 0) is 4.74 Å². The Morgan fingerprint density at radius 3 is 2.07 bits per heavy atom. The molecule has 0 radical (unpaired) electrons. The summed E-state index contributed by atoms with van der Waals surface area (Å²) in [5, 5.41) is 0. The first kappa shape index (κ1) is 17.6. The van der Waals surface area contributed by atoms with Crippen LogP contribution in [0.3, 0.4) is 0 Å². The number of rotatable bonds is 4. The van der Waals surface area contributed by atoms with Gasteiger partial charge in [0.15, 0.2) is 0 Å². The first-order chi connectivity index (χ1) is 6.31. The fourth-order valence-corrected chi connectivity index (χ4v) is 1.24. The Balaban J connectivity index is 0. The van der Waals surface area contributed by atoms with E-state index in [1.165, 1.54) is 0 Å². The van der Waals surface area contributed by atoms with Gasteiger partial charge in [0.2, 0.25) is 0 Å². The minimum Gasteiger partial charge on any atom is -1.00 e. The minimum absolute atomic E-state index is 0. The minimum atomic E-state index is 0. The summed E-state index contributed by atoms with van der Waals surface area (Å²) in [6.07, 6.45) is 0.828. The summed E-state index contributed by atoms with van der Waals surface area (Å²) in [5.74, 6) is 0.864. The van der Waals surface area contributed by atoms with Crippen molar-refractivity contribution in [2.75, 3.05) is 14.2 Å². The van der Waals surface area contributed by atoms with Crippen molar-refractivity contribution in [1.29, 1.82) is 0 Å². The molecule has 0 saturated carbocycles. The van der Waals surface area contributed by atoms with E-state index in [4.69, 9.17) is 9.47 Å². The average molecular weight is 283 g/mol. The summed E-state index contributed by atoms with van der Waals surface area (Å²) in [6.45, 7) is 3.82. The van der Waals surface area contributed by atoms with Crippen LogP contribution >= 0.6 is 0 Å². The van der Waals surface area contributed by atoms with E-state index in [0.717, 1.165) is 17.7 Å². The van der Waals surface area contributed by atoms with Crippen LogP contribution in [0, 0.1) is 6.92 Å². The molecule has 1 rings (SSSR count). The second-order valence-electron chi connectivity index (χ2n) is 2.79. The van der Waals surface area contributed by atoms with E-state index in [1.54, 1.807) is 14.2 Å². The first-order valence-electron chi connectivity index (χ1n) is 4.27. The molecule has 1 aromatic rings. The van der Waals surface area contributed by atoms with Gasteiger partial charge in [-0.25, -0.2) is 0 Å². The van der Waals surface area contributed by atoms with E-state index in [-0.39, 0.29) is 46.1 Å². The largest absolute Gasteiger partial charge is 2.00 e. The van der Waals surface area contributed by atoms with E-state index in [1.807, 2.05) is 24.3 Å². The molecule has 1 aromatic carbocycles. The third kappa shape index (κ3) is 5.20. The molecule has 0 heterocycles. The molecule has 15 heavy (non-hydrogen) atoms. The molecule has 0 aliphatic carbocycles. The van der Waals surface area contributed by atoms with Crippen LogP contribution in [0.2, 0.25) is 0 Å². The third-order valence-electron chi connectivity index (χ3n) is 2.03. The number of hydrogen-bond acceptors (Lipinski definition) is 2. The van der Waals surface area contributed by atoms with Crippen molar-refractivity contribution in [3.63, 3.8) is 0 Å². The van der Waals surface area contributed by atoms with Crippen LogP contribution < -0.4 is 21.7 Å². The zero-order valence-electron chi connectivity index (χ0n) is 9.20. The summed E-state index contributed by atoms with van der Waals surface area (Å²) in [6, 6.07) is 7.85. The Labute approximate surface area is 118 Å². The Morgan fingerprint density at radius 2 is 1.73 bits per heavy atom. The maximum absolute atomic E-state index is 5.26. The van der Waals surface area contributed by atoms with Gasteiger partial charge >= 0.3 is 23.1 Å². The first-order valence-corrected chi connectivity index (χ1v) is 4.27. The van der Waals surface area contributed by atoms with Gasteiger partial charge in [-0.05, 0) is 17.7 Å². The van der Waals surface area contributed by atoms with Crippen LogP contribution in [0.15, 0.2) is 24.3 Å². The van der Waals surface area contributed by atoms with Gasteiger partial charge < -0.3 is 33.4 Å². The molecule has 0 aromatic heterocycles. The van der Waals surface area contributed by atoms with Gasteiger partial charge in [-0.1, -0.05) is 12.1 Å². The van der Waals surface area contributed by atoms with Gasteiger partial charge in [0.25, 0.3) is 0 Å². The summed E-state index contributed by atoms with van der Waals surface area (Å²) >= 11 is 0. The summed E-state index contributed by atoms with van der Waals surface area (Å²) in [5.41, 5.74) is 1.14. The summed E-state index contributed by atoms with van der Waals surface area (Å²) in [7, 11) is 3.35. The normalized spacial score (nSPS) is 10.9. The second kappa shape index (κ2) is 9.45. The topological polar surface area (TPSA) is 18.5 Å². The van der Waals surface area contributed by atoms with Crippen molar-refractivity contribution in [3.05, 3.63) is 36.8 Å². The average Bonchev–Trinajstić information content (AvgIpc) is 2.21. The van der Waals surface area contributed by atoms with E-state index in [2.05, 4.69) is 6.92 Å². The smallest absolute Gasteiger partial charge is 1.00 e. The van der Waals surface area contributed by atoms with E-state index in [9.17, 15) is 0 Å². The number of halogens is 1. The van der Waals surface area contributed by atoms with Crippen molar-refractivity contribution in [1.82, 2.24) is 0 Å². The van der Waals surface area contributed by atoms with Crippen molar-refractivity contribution < 1.29 is 26.5 Å². The molecular weight excluding hydrogens is 268 g/mol. The molecule has 0 aliphatic rings. The standard InChI is InChI=1S/C11H15O2.BrH.Mg/c1-4-11(13-3)9-5-7-10(12-2)8-6-9;;/h5-8,11H,1,4H2,2-3H3;1H;/q-1;;+2/p-1. The van der Waals surface area contributed by atoms with Crippen LogP contribution in [0.25, 0.3) is 0 Å². The molecule has 2 nitrogen and oxygen atoms in total. The third-order valence-corrected chi connectivity index (χ3v) is 2.03. The molecule has 0 fully saturated rings. The van der Waals surface area contributed by atoms with Crippen LogP contribution in [0.1, 0.15) is 18.1 Å². The molecule has 1 atom stereocenters. The van der Waals surface area contributed by atoms with Crippen LogP contribution in [0.5, 0.6) is 5.75 Å². The SMILES string of the molecule is [Br-].[CH2-]CC(OC)c1ccc(OC)cc1.[Mg+2]. The van der Waals surface area contributed by atoms with E-state index < -0.39 is 0 Å². The predicted molar refractivity (Wildman–Crippen MR) is 58.5 cm³/mol. The van der Waals surface area contributed by atoms with Crippen molar-refractivity contribution in [2.24, 2.45) is 0 Å². The van der Waals surface area contributed by atoms with Gasteiger partial charge in [0.1, 0.15) is 5.75 Å². The zero-order chi connectivity index (χ0) is 9.68. The Hall–Kier alpha value is 0.226. The molecular formula is C11H15BrMgO2. The van der Waals surface area contributed by atoms with Crippen LogP contribution in [0.4, 0.5) is 0 Å². The number of methoxy groups -OCH3 is 2. The summed E-state index contributed by atoms with van der Waals surface area (Å²) < 4.78 is 10.3. The van der Waals surface area contributed by atoms with E-state index in [0.29, 0.717) is 0 Å². The van der Waals surface area contributed by atoms with Crippen molar-refractivity contribution in [2.45, 2.75) is 12.5 Å². The van der Waals surface area contributed by atoms with Gasteiger partial charge in [0, 0.05) is 7.11 Å².